The number of aromatic nitrogens is 2. The van der Waals surface area contributed by atoms with Crippen molar-refractivity contribution in [3.63, 3.8) is 0 Å². The molecule has 158 valence electrons. The van der Waals surface area contributed by atoms with Gasteiger partial charge in [0, 0.05) is 17.4 Å². The van der Waals surface area contributed by atoms with E-state index in [9.17, 15) is 4.79 Å². The standard InChI is InChI=1S/C22H33N3O3Si/c1-21(2,3)28-20(26)25-17-11-9-16(10-12-17)19-23-14-13-18(24-19)15-27-29(7,8)22(4,5)6/h9-14H,15H2,1-8H3,(H,25,26). The lowest BCUT2D eigenvalue weighted by Crippen LogP contribution is -2.40. The quantitative estimate of drug-likeness (QED) is 0.605. The lowest BCUT2D eigenvalue weighted by molar-refractivity contribution is 0.0636. The number of ether oxygens (including phenoxy) is 1. The Morgan fingerprint density at radius 1 is 1.03 bits per heavy atom. The maximum absolute atomic E-state index is 11.9. The molecular weight excluding hydrogens is 382 g/mol. The van der Waals surface area contributed by atoms with Crippen molar-refractivity contribution in [2.45, 2.75) is 71.9 Å². The summed E-state index contributed by atoms with van der Waals surface area (Å²) in [6.45, 7) is 17.1. The number of hydrogen-bond acceptors (Lipinski definition) is 5. The van der Waals surface area contributed by atoms with Crippen molar-refractivity contribution in [3.8, 4) is 11.4 Å². The van der Waals surface area contributed by atoms with Gasteiger partial charge in [0.1, 0.15) is 5.60 Å². The summed E-state index contributed by atoms with van der Waals surface area (Å²) in [5, 5.41) is 2.87. The molecule has 6 nitrogen and oxygen atoms in total. The fourth-order valence-electron chi connectivity index (χ4n) is 2.21. The van der Waals surface area contributed by atoms with E-state index in [1.54, 1.807) is 18.3 Å². The molecule has 0 radical (unpaired) electrons. The van der Waals surface area contributed by atoms with E-state index in [0.717, 1.165) is 11.3 Å². The van der Waals surface area contributed by atoms with E-state index in [-0.39, 0.29) is 5.04 Å². The SMILES string of the molecule is CC(C)(C)OC(=O)Nc1ccc(-c2nccc(CO[Si](C)(C)C(C)(C)C)n2)cc1. The van der Waals surface area contributed by atoms with Crippen LogP contribution in [-0.2, 0) is 15.8 Å². The van der Waals surface area contributed by atoms with Gasteiger partial charge in [-0.2, -0.15) is 0 Å². The third-order valence-corrected chi connectivity index (χ3v) is 9.37. The van der Waals surface area contributed by atoms with Crippen LogP contribution in [0.3, 0.4) is 0 Å². The minimum absolute atomic E-state index is 0.153. The van der Waals surface area contributed by atoms with Crippen LogP contribution in [0.5, 0.6) is 0 Å². The minimum Gasteiger partial charge on any atom is -0.444 e. The van der Waals surface area contributed by atoms with Gasteiger partial charge in [0.25, 0.3) is 0 Å². The molecule has 2 rings (SSSR count). The predicted octanol–water partition coefficient (Wildman–Crippen LogP) is 6.01. The van der Waals surface area contributed by atoms with Crippen molar-refractivity contribution in [2.75, 3.05) is 5.32 Å². The van der Waals surface area contributed by atoms with Crippen LogP contribution in [0.1, 0.15) is 47.2 Å². The second-order valence-corrected chi connectivity index (χ2v) is 14.4. The van der Waals surface area contributed by atoms with E-state index in [1.807, 2.05) is 39.0 Å². The highest BCUT2D eigenvalue weighted by atomic mass is 28.4. The van der Waals surface area contributed by atoms with Gasteiger partial charge in [-0.3, -0.25) is 5.32 Å². The average Bonchev–Trinajstić information content (AvgIpc) is 2.58. The first-order valence-electron chi connectivity index (χ1n) is 9.83. The van der Waals surface area contributed by atoms with Crippen LogP contribution < -0.4 is 5.32 Å². The van der Waals surface area contributed by atoms with Gasteiger partial charge in [-0.15, -0.1) is 0 Å². The Balaban J connectivity index is 2.06. The molecule has 0 atom stereocenters. The van der Waals surface area contributed by atoms with Crippen molar-refractivity contribution >= 4 is 20.1 Å². The topological polar surface area (TPSA) is 73.3 Å². The van der Waals surface area contributed by atoms with Crippen molar-refractivity contribution in [2.24, 2.45) is 0 Å². The Hall–Kier alpha value is -2.25. The van der Waals surface area contributed by atoms with Gasteiger partial charge >= 0.3 is 6.09 Å². The highest BCUT2D eigenvalue weighted by molar-refractivity contribution is 6.74. The molecule has 1 aromatic heterocycles. The molecule has 2 aromatic rings. The number of anilines is 1. The fraction of sp³-hybridized carbons (Fsp3) is 0.500. The van der Waals surface area contributed by atoms with Crippen molar-refractivity contribution in [3.05, 3.63) is 42.2 Å². The van der Waals surface area contributed by atoms with Crippen LogP contribution in [0.25, 0.3) is 11.4 Å². The Morgan fingerprint density at radius 3 is 2.21 bits per heavy atom. The molecule has 29 heavy (non-hydrogen) atoms. The highest BCUT2D eigenvalue weighted by Gasteiger charge is 2.37. The third kappa shape index (κ3) is 6.94. The highest BCUT2D eigenvalue weighted by Crippen LogP contribution is 2.37. The van der Waals surface area contributed by atoms with Gasteiger partial charge in [0.05, 0.1) is 12.3 Å². The number of hydrogen-bond donors (Lipinski definition) is 1. The van der Waals surface area contributed by atoms with E-state index in [2.05, 4.69) is 49.1 Å². The second kappa shape index (κ2) is 8.63. The summed E-state index contributed by atoms with van der Waals surface area (Å²) < 4.78 is 11.5. The van der Waals surface area contributed by atoms with E-state index < -0.39 is 20.0 Å². The van der Waals surface area contributed by atoms with E-state index in [4.69, 9.17) is 9.16 Å². The van der Waals surface area contributed by atoms with Gasteiger partial charge < -0.3 is 9.16 Å². The van der Waals surface area contributed by atoms with Gasteiger partial charge in [-0.25, -0.2) is 14.8 Å². The molecule has 0 spiro atoms. The molecule has 0 unspecified atom stereocenters. The fourth-order valence-corrected chi connectivity index (χ4v) is 3.15. The van der Waals surface area contributed by atoms with E-state index in [0.29, 0.717) is 18.1 Å². The normalized spacial score (nSPS) is 12.6. The van der Waals surface area contributed by atoms with Gasteiger partial charge in [-0.05, 0) is 69.2 Å². The van der Waals surface area contributed by atoms with Crippen molar-refractivity contribution in [1.29, 1.82) is 0 Å². The molecule has 1 amide bonds. The number of amides is 1. The van der Waals surface area contributed by atoms with Crippen LogP contribution in [0.4, 0.5) is 10.5 Å². The summed E-state index contributed by atoms with van der Waals surface area (Å²) in [7, 11) is -1.84. The summed E-state index contributed by atoms with van der Waals surface area (Å²) in [5.74, 6) is 0.630. The predicted molar refractivity (Wildman–Crippen MR) is 119 cm³/mol. The molecule has 0 bridgehead atoms. The van der Waals surface area contributed by atoms with Crippen LogP contribution in [0.2, 0.25) is 18.1 Å². The minimum atomic E-state index is -1.84. The Kier molecular flexibility index (Phi) is 6.85. The number of benzene rings is 1. The van der Waals surface area contributed by atoms with Crippen molar-refractivity contribution in [1.82, 2.24) is 9.97 Å². The lowest BCUT2D eigenvalue weighted by Gasteiger charge is -2.36. The summed E-state index contributed by atoms with van der Waals surface area (Å²) in [6.07, 6.45) is 1.27. The molecule has 0 fully saturated rings. The van der Waals surface area contributed by atoms with E-state index in [1.165, 1.54) is 0 Å². The zero-order valence-corrected chi connectivity index (χ0v) is 19.8. The molecule has 1 N–H and O–H groups in total. The number of rotatable bonds is 5. The summed E-state index contributed by atoms with van der Waals surface area (Å²) in [5.41, 5.74) is 1.84. The lowest BCUT2D eigenvalue weighted by atomic mass is 10.2. The van der Waals surface area contributed by atoms with Crippen LogP contribution in [-0.4, -0.2) is 30.0 Å². The van der Waals surface area contributed by atoms with Gasteiger partial charge in [0.2, 0.25) is 0 Å². The summed E-state index contributed by atoms with van der Waals surface area (Å²) in [6, 6.07) is 9.25. The first-order chi connectivity index (χ1) is 13.3. The summed E-state index contributed by atoms with van der Waals surface area (Å²) in [4.78, 5) is 20.9. The molecule has 7 heteroatoms. The van der Waals surface area contributed by atoms with Crippen LogP contribution >= 0.6 is 0 Å². The van der Waals surface area contributed by atoms with Gasteiger partial charge in [0.15, 0.2) is 14.1 Å². The molecule has 1 heterocycles. The first-order valence-corrected chi connectivity index (χ1v) is 12.7. The molecule has 0 aliphatic carbocycles. The molecule has 0 aliphatic rings. The number of carbonyl (C=O) groups excluding carboxylic acids is 1. The Morgan fingerprint density at radius 2 is 1.66 bits per heavy atom. The molecule has 0 saturated carbocycles. The van der Waals surface area contributed by atoms with Crippen molar-refractivity contribution < 1.29 is 14.0 Å². The Labute approximate surface area is 175 Å². The zero-order chi connectivity index (χ0) is 21.9. The molecular formula is C22H33N3O3Si. The monoisotopic (exact) mass is 415 g/mol. The van der Waals surface area contributed by atoms with Gasteiger partial charge in [-0.1, -0.05) is 20.8 Å². The van der Waals surface area contributed by atoms with Crippen LogP contribution in [0.15, 0.2) is 36.5 Å². The zero-order valence-electron chi connectivity index (χ0n) is 18.8. The van der Waals surface area contributed by atoms with Crippen LogP contribution in [0, 0.1) is 0 Å². The second-order valence-electron chi connectivity index (χ2n) is 9.62. The summed E-state index contributed by atoms with van der Waals surface area (Å²) >= 11 is 0. The molecule has 0 saturated heterocycles. The maximum Gasteiger partial charge on any atom is 0.412 e. The number of nitrogens with zero attached hydrogens (tertiary/aromatic N) is 2. The molecule has 1 aromatic carbocycles. The number of carbonyl (C=O) groups is 1. The maximum atomic E-state index is 11.9. The largest absolute Gasteiger partial charge is 0.444 e. The number of nitrogens with one attached hydrogen (secondary N) is 1. The first kappa shape index (κ1) is 23.0. The molecule has 0 aliphatic heterocycles. The van der Waals surface area contributed by atoms with E-state index >= 15 is 0 Å². The third-order valence-electron chi connectivity index (χ3n) is 4.89. The average molecular weight is 416 g/mol. The Bertz CT molecular complexity index is 838. The smallest absolute Gasteiger partial charge is 0.412 e.